The number of hydrogen-bond donors (Lipinski definition) is 1. The van der Waals surface area contributed by atoms with Gasteiger partial charge in [0.05, 0.1) is 30.1 Å². The van der Waals surface area contributed by atoms with Crippen molar-refractivity contribution in [1.82, 2.24) is 0 Å². The predicted molar refractivity (Wildman–Crippen MR) is 72.2 cm³/mol. The molecule has 1 saturated heterocycles. The average Bonchev–Trinajstić information content (AvgIpc) is 2.90. The zero-order valence-corrected chi connectivity index (χ0v) is 11.4. The second kappa shape index (κ2) is 5.63. The molecule has 1 heterocycles. The lowest BCUT2D eigenvalue weighted by atomic mass is 10.1. The van der Waals surface area contributed by atoms with Crippen LogP contribution in [0.5, 0.6) is 5.75 Å². The maximum Gasteiger partial charge on any atom is 0.387 e. The topological polar surface area (TPSA) is 47.7 Å². The van der Waals surface area contributed by atoms with Crippen LogP contribution in [-0.4, -0.2) is 31.9 Å². The molecule has 21 heavy (non-hydrogen) atoms. The quantitative estimate of drug-likeness (QED) is 0.872. The molecule has 0 spiro atoms. The normalized spacial score (nSPS) is 25.2. The van der Waals surface area contributed by atoms with Gasteiger partial charge in [-0.3, -0.25) is 0 Å². The molecule has 0 aromatic heterocycles. The van der Waals surface area contributed by atoms with Crippen LogP contribution in [0.15, 0.2) is 12.1 Å². The van der Waals surface area contributed by atoms with Crippen molar-refractivity contribution in [1.29, 1.82) is 0 Å². The molecule has 0 bridgehead atoms. The summed E-state index contributed by atoms with van der Waals surface area (Å²) >= 11 is 0. The first kappa shape index (κ1) is 14.3. The first-order valence-electron chi connectivity index (χ1n) is 6.98. The van der Waals surface area contributed by atoms with E-state index in [1.54, 1.807) is 0 Å². The number of hydrogen-bond acceptors (Lipinski definition) is 4. The standard InChI is InChI=1S/C14H17F3N2O2/c15-8-6-9(18)11(7-13(8)21-14(16)17)19-4-5-20-12-3-1-2-10(12)19/h6-7,10,12,14H,1-5,18H2. The third-order valence-corrected chi connectivity index (χ3v) is 4.09. The lowest BCUT2D eigenvalue weighted by Crippen LogP contribution is -2.48. The van der Waals surface area contributed by atoms with Gasteiger partial charge in [-0.2, -0.15) is 8.78 Å². The fraction of sp³-hybridized carbons (Fsp3) is 0.571. The van der Waals surface area contributed by atoms with Crippen LogP contribution in [0.25, 0.3) is 0 Å². The van der Waals surface area contributed by atoms with Gasteiger partial charge in [-0.05, 0) is 19.3 Å². The first-order chi connectivity index (χ1) is 10.1. The van der Waals surface area contributed by atoms with Crippen LogP contribution in [0.1, 0.15) is 19.3 Å². The fourth-order valence-corrected chi connectivity index (χ4v) is 3.22. The predicted octanol–water partition coefficient (Wildman–Crippen LogP) is 2.77. The Kier molecular flexibility index (Phi) is 3.84. The molecule has 1 saturated carbocycles. The summed E-state index contributed by atoms with van der Waals surface area (Å²) in [7, 11) is 0. The van der Waals surface area contributed by atoms with Crippen LogP contribution in [0.3, 0.4) is 0 Å². The van der Waals surface area contributed by atoms with E-state index in [0.717, 1.165) is 25.3 Å². The number of benzene rings is 1. The zero-order valence-electron chi connectivity index (χ0n) is 11.4. The van der Waals surface area contributed by atoms with Gasteiger partial charge in [0.25, 0.3) is 0 Å². The van der Waals surface area contributed by atoms with E-state index in [0.29, 0.717) is 18.8 Å². The lowest BCUT2D eigenvalue weighted by molar-refractivity contribution is -0.0521. The van der Waals surface area contributed by atoms with Gasteiger partial charge in [-0.15, -0.1) is 0 Å². The molecule has 1 aromatic carbocycles. The number of rotatable bonds is 3. The van der Waals surface area contributed by atoms with Crippen molar-refractivity contribution in [2.24, 2.45) is 0 Å². The van der Waals surface area contributed by atoms with Crippen LogP contribution in [0.4, 0.5) is 24.5 Å². The highest BCUT2D eigenvalue weighted by Gasteiger charge is 2.37. The van der Waals surface area contributed by atoms with Gasteiger partial charge in [0.1, 0.15) is 0 Å². The highest BCUT2D eigenvalue weighted by atomic mass is 19.3. The van der Waals surface area contributed by atoms with Crippen LogP contribution < -0.4 is 15.4 Å². The number of alkyl halides is 2. The molecule has 1 aliphatic carbocycles. The van der Waals surface area contributed by atoms with Gasteiger partial charge in [-0.25, -0.2) is 4.39 Å². The summed E-state index contributed by atoms with van der Waals surface area (Å²) in [4.78, 5) is 2.02. The van der Waals surface area contributed by atoms with E-state index in [1.807, 2.05) is 4.90 Å². The van der Waals surface area contributed by atoms with Crippen molar-refractivity contribution in [3.63, 3.8) is 0 Å². The van der Waals surface area contributed by atoms with E-state index < -0.39 is 18.2 Å². The monoisotopic (exact) mass is 302 g/mol. The molecule has 1 aromatic rings. The Morgan fingerprint density at radius 2 is 2.14 bits per heavy atom. The molecule has 2 atom stereocenters. The maximum atomic E-state index is 13.6. The summed E-state index contributed by atoms with van der Waals surface area (Å²) in [5.41, 5.74) is 6.63. The number of nitrogen functional groups attached to an aromatic ring is 1. The Balaban J connectivity index is 1.93. The summed E-state index contributed by atoms with van der Waals surface area (Å²) in [5, 5.41) is 0. The number of fused-ring (bicyclic) bond motifs is 1. The van der Waals surface area contributed by atoms with Crippen LogP contribution in [0.2, 0.25) is 0 Å². The Hall–Kier alpha value is -1.63. The zero-order chi connectivity index (χ0) is 15.0. The second-order valence-electron chi connectivity index (χ2n) is 5.32. The third kappa shape index (κ3) is 2.74. The van der Waals surface area contributed by atoms with Gasteiger partial charge in [0.2, 0.25) is 0 Å². The van der Waals surface area contributed by atoms with Crippen molar-refractivity contribution in [3.8, 4) is 5.75 Å². The van der Waals surface area contributed by atoms with Gasteiger partial charge in [0.15, 0.2) is 11.6 Å². The molecule has 2 aliphatic rings. The number of halogens is 3. The van der Waals surface area contributed by atoms with Gasteiger partial charge in [-0.1, -0.05) is 0 Å². The van der Waals surface area contributed by atoms with E-state index in [1.165, 1.54) is 6.07 Å². The highest BCUT2D eigenvalue weighted by molar-refractivity contribution is 5.70. The molecule has 2 N–H and O–H groups in total. The van der Waals surface area contributed by atoms with Crippen LogP contribution in [-0.2, 0) is 4.74 Å². The van der Waals surface area contributed by atoms with Gasteiger partial charge < -0.3 is 20.1 Å². The second-order valence-corrected chi connectivity index (χ2v) is 5.32. The van der Waals surface area contributed by atoms with E-state index in [9.17, 15) is 13.2 Å². The van der Waals surface area contributed by atoms with Crippen molar-refractivity contribution in [3.05, 3.63) is 17.9 Å². The summed E-state index contributed by atoms with van der Waals surface area (Å²) in [5.74, 6) is -1.36. The van der Waals surface area contributed by atoms with Crippen molar-refractivity contribution >= 4 is 11.4 Å². The summed E-state index contributed by atoms with van der Waals surface area (Å²) in [6.07, 6.45) is 3.10. The van der Waals surface area contributed by atoms with Crippen molar-refractivity contribution in [2.75, 3.05) is 23.8 Å². The molecule has 0 radical (unpaired) electrons. The molecular formula is C14H17F3N2O2. The number of nitrogens with two attached hydrogens (primary N) is 1. The molecule has 3 rings (SSSR count). The van der Waals surface area contributed by atoms with E-state index >= 15 is 0 Å². The van der Waals surface area contributed by atoms with Gasteiger partial charge >= 0.3 is 6.61 Å². The molecule has 1 aliphatic heterocycles. The van der Waals surface area contributed by atoms with Crippen molar-refractivity contribution < 1.29 is 22.6 Å². The molecular weight excluding hydrogens is 285 g/mol. The minimum Gasteiger partial charge on any atom is -0.432 e. The summed E-state index contributed by atoms with van der Waals surface area (Å²) in [6, 6.07) is 2.45. The van der Waals surface area contributed by atoms with Gasteiger partial charge in [0, 0.05) is 18.7 Å². The number of anilines is 2. The Morgan fingerprint density at radius 1 is 1.33 bits per heavy atom. The minimum absolute atomic E-state index is 0.127. The Labute approximate surface area is 120 Å². The maximum absolute atomic E-state index is 13.6. The Morgan fingerprint density at radius 3 is 2.90 bits per heavy atom. The van der Waals surface area contributed by atoms with Crippen LogP contribution in [0, 0.1) is 5.82 Å². The van der Waals surface area contributed by atoms with E-state index in [2.05, 4.69) is 4.74 Å². The first-order valence-corrected chi connectivity index (χ1v) is 6.98. The third-order valence-electron chi connectivity index (χ3n) is 4.09. The molecule has 7 heteroatoms. The highest BCUT2D eigenvalue weighted by Crippen LogP contribution is 2.38. The van der Waals surface area contributed by atoms with Crippen LogP contribution >= 0.6 is 0 Å². The molecule has 116 valence electrons. The lowest BCUT2D eigenvalue weighted by Gasteiger charge is -2.40. The number of morpholine rings is 1. The molecule has 4 nitrogen and oxygen atoms in total. The fourth-order valence-electron chi connectivity index (χ4n) is 3.22. The average molecular weight is 302 g/mol. The van der Waals surface area contributed by atoms with Crippen molar-refractivity contribution in [2.45, 2.75) is 38.0 Å². The van der Waals surface area contributed by atoms with E-state index in [-0.39, 0.29) is 17.8 Å². The smallest absolute Gasteiger partial charge is 0.387 e. The molecule has 2 fully saturated rings. The number of ether oxygens (including phenoxy) is 2. The minimum atomic E-state index is -3.07. The molecule has 0 amide bonds. The Bertz CT molecular complexity index is 527. The number of nitrogens with zero attached hydrogens (tertiary/aromatic N) is 1. The van der Waals surface area contributed by atoms with E-state index in [4.69, 9.17) is 10.5 Å². The molecule has 2 unspecified atom stereocenters. The largest absolute Gasteiger partial charge is 0.432 e. The summed E-state index contributed by atoms with van der Waals surface area (Å²) in [6.45, 7) is -1.92. The summed E-state index contributed by atoms with van der Waals surface area (Å²) < 4.78 is 48.2. The SMILES string of the molecule is Nc1cc(F)c(OC(F)F)cc1N1CCOC2CCCC21.